The molecule has 1 nitrogen and oxygen atoms in total. The summed E-state index contributed by atoms with van der Waals surface area (Å²) in [6, 6.07) is 13.3. The van der Waals surface area contributed by atoms with Gasteiger partial charge in [0.2, 0.25) is 0 Å². The molecule has 0 fully saturated rings. The van der Waals surface area contributed by atoms with Crippen molar-refractivity contribution in [3.63, 3.8) is 0 Å². The molecular formula is C13H10Cl2O. The van der Waals surface area contributed by atoms with E-state index in [4.69, 9.17) is 27.9 Å². The number of benzene rings is 2. The van der Waals surface area contributed by atoms with E-state index in [2.05, 4.69) is 0 Å². The first kappa shape index (κ1) is 11.3. The zero-order valence-corrected chi connectivity index (χ0v) is 10.2. The van der Waals surface area contributed by atoms with Crippen LogP contribution in [0.3, 0.4) is 0 Å². The molecule has 0 N–H and O–H groups in total. The Labute approximate surface area is 105 Å². The van der Waals surface area contributed by atoms with Crippen molar-refractivity contribution in [1.29, 1.82) is 0 Å². The van der Waals surface area contributed by atoms with E-state index in [0.717, 1.165) is 11.1 Å². The number of hydrogen-bond acceptors (Lipinski definition) is 1. The van der Waals surface area contributed by atoms with Crippen LogP contribution in [-0.4, -0.2) is 7.11 Å². The van der Waals surface area contributed by atoms with E-state index in [1.807, 2.05) is 30.3 Å². The third-order valence-corrected chi connectivity index (χ3v) is 3.03. The minimum Gasteiger partial charge on any atom is -0.495 e. The molecule has 3 heteroatoms. The maximum atomic E-state index is 6.24. The van der Waals surface area contributed by atoms with Crippen LogP contribution in [0, 0.1) is 0 Å². The molecule has 16 heavy (non-hydrogen) atoms. The number of ether oxygens (including phenoxy) is 1. The first-order valence-electron chi connectivity index (χ1n) is 4.81. The van der Waals surface area contributed by atoms with Crippen LogP contribution in [0.15, 0.2) is 42.5 Å². The van der Waals surface area contributed by atoms with Gasteiger partial charge in [-0.3, -0.25) is 0 Å². The van der Waals surface area contributed by atoms with Crippen LogP contribution in [0.2, 0.25) is 10.0 Å². The minimum absolute atomic E-state index is 0.543. The molecule has 82 valence electrons. The maximum Gasteiger partial charge on any atom is 0.138 e. The monoisotopic (exact) mass is 252 g/mol. The Morgan fingerprint density at radius 3 is 2.25 bits per heavy atom. The van der Waals surface area contributed by atoms with Gasteiger partial charge in [0.05, 0.1) is 17.2 Å². The van der Waals surface area contributed by atoms with Gasteiger partial charge in [-0.2, -0.15) is 0 Å². The second-order valence-electron chi connectivity index (χ2n) is 3.30. The Morgan fingerprint density at radius 1 is 0.938 bits per heavy atom. The molecule has 0 saturated heterocycles. The molecule has 0 amide bonds. The fraction of sp³-hybridized carbons (Fsp3) is 0.0769. The van der Waals surface area contributed by atoms with Gasteiger partial charge >= 0.3 is 0 Å². The van der Waals surface area contributed by atoms with Crippen LogP contribution in [-0.2, 0) is 0 Å². The zero-order valence-electron chi connectivity index (χ0n) is 8.71. The summed E-state index contributed by atoms with van der Waals surface area (Å²) in [6.45, 7) is 0. The second kappa shape index (κ2) is 4.77. The van der Waals surface area contributed by atoms with E-state index in [1.165, 1.54) is 0 Å². The van der Waals surface area contributed by atoms with Crippen LogP contribution in [0.25, 0.3) is 11.1 Å². The summed E-state index contributed by atoms with van der Waals surface area (Å²) in [5.74, 6) is 0.630. The average molecular weight is 253 g/mol. The summed E-state index contributed by atoms with van der Waals surface area (Å²) >= 11 is 12.4. The van der Waals surface area contributed by atoms with Crippen molar-refractivity contribution in [2.45, 2.75) is 0 Å². The van der Waals surface area contributed by atoms with Crippen molar-refractivity contribution in [2.75, 3.05) is 7.11 Å². The summed E-state index contributed by atoms with van der Waals surface area (Å²) in [5, 5.41) is 1.17. The highest BCUT2D eigenvalue weighted by Gasteiger charge is 2.12. The lowest BCUT2D eigenvalue weighted by molar-refractivity contribution is 0.415. The van der Waals surface area contributed by atoms with Gasteiger partial charge in [0.1, 0.15) is 5.75 Å². The van der Waals surface area contributed by atoms with Crippen molar-refractivity contribution >= 4 is 23.2 Å². The smallest absolute Gasteiger partial charge is 0.138 e. The predicted octanol–water partition coefficient (Wildman–Crippen LogP) is 4.67. The molecule has 0 heterocycles. The molecule has 0 atom stereocenters. The van der Waals surface area contributed by atoms with E-state index in [1.54, 1.807) is 19.2 Å². The third kappa shape index (κ3) is 2.01. The SMILES string of the molecule is COc1ccc(Cl)c(-c2ccccc2)c1Cl. The first-order valence-corrected chi connectivity index (χ1v) is 5.57. The molecule has 0 spiro atoms. The van der Waals surface area contributed by atoms with Crippen LogP contribution in [0.4, 0.5) is 0 Å². The number of rotatable bonds is 2. The van der Waals surface area contributed by atoms with Crippen LogP contribution in [0.1, 0.15) is 0 Å². The largest absolute Gasteiger partial charge is 0.495 e. The number of halogens is 2. The maximum absolute atomic E-state index is 6.24. The molecular weight excluding hydrogens is 243 g/mol. The number of methoxy groups -OCH3 is 1. The van der Waals surface area contributed by atoms with Gasteiger partial charge in [-0.1, -0.05) is 53.5 Å². The molecule has 0 radical (unpaired) electrons. The summed E-state index contributed by atoms with van der Waals surface area (Å²) < 4.78 is 5.17. The minimum atomic E-state index is 0.543. The quantitative estimate of drug-likeness (QED) is 0.755. The Bertz CT molecular complexity index is 495. The normalized spacial score (nSPS) is 10.2. The van der Waals surface area contributed by atoms with Crippen molar-refractivity contribution in [2.24, 2.45) is 0 Å². The zero-order chi connectivity index (χ0) is 11.5. The Balaban J connectivity index is 2.64. The van der Waals surface area contributed by atoms with Gasteiger partial charge in [0.15, 0.2) is 0 Å². The van der Waals surface area contributed by atoms with Crippen LogP contribution >= 0.6 is 23.2 Å². The predicted molar refractivity (Wildman–Crippen MR) is 68.5 cm³/mol. The van der Waals surface area contributed by atoms with Gasteiger partial charge in [-0.25, -0.2) is 0 Å². The highest BCUT2D eigenvalue weighted by molar-refractivity contribution is 6.40. The lowest BCUT2D eigenvalue weighted by Crippen LogP contribution is -1.88. The molecule has 2 aromatic rings. The van der Waals surface area contributed by atoms with Gasteiger partial charge in [-0.05, 0) is 17.7 Å². The van der Waals surface area contributed by atoms with Gasteiger partial charge < -0.3 is 4.74 Å². The summed E-state index contributed by atoms with van der Waals surface area (Å²) in [7, 11) is 1.59. The summed E-state index contributed by atoms with van der Waals surface area (Å²) in [5.41, 5.74) is 1.79. The van der Waals surface area contributed by atoms with Crippen molar-refractivity contribution in [3.8, 4) is 16.9 Å². The topological polar surface area (TPSA) is 9.23 Å². The Kier molecular flexibility index (Phi) is 3.37. The van der Waals surface area contributed by atoms with E-state index >= 15 is 0 Å². The van der Waals surface area contributed by atoms with E-state index in [9.17, 15) is 0 Å². The first-order chi connectivity index (χ1) is 7.74. The number of hydrogen-bond donors (Lipinski definition) is 0. The lowest BCUT2D eigenvalue weighted by atomic mass is 10.1. The Morgan fingerprint density at radius 2 is 1.62 bits per heavy atom. The third-order valence-electron chi connectivity index (χ3n) is 2.34. The van der Waals surface area contributed by atoms with E-state index < -0.39 is 0 Å². The summed E-state index contributed by atoms with van der Waals surface area (Å²) in [6.07, 6.45) is 0. The highest BCUT2D eigenvalue weighted by atomic mass is 35.5. The molecule has 2 aromatic carbocycles. The summed E-state index contributed by atoms with van der Waals surface area (Å²) in [4.78, 5) is 0. The molecule has 0 unspecified atom stereocenters. The van der Waals surface area contributed by atoms with Crippen molar-refractivity contribution in [1.82, 2.24) is 0 Å². The van der Waals surface area contributed by atoms with Crippen LogP contribution < -0.4 is 4.74 Å². The molecule has 0 aliphatic rings. The molecule has 0 aliphatic carbocycles. The molecule has 0 saturated carbocycles. The van der Waals surface area contributed by atoms with Crippen LogP contribution in [0.5, 0.6) is 5.75 Å². The average Bonchev–Trinajstić information content (AvgIpc) is 2.31. The van der Waals surface area contributed by atoms with Crippen molar-refractivity contribution in [3.05, 3.63) is 52.5 Å². The fourth-order valence-corrected chi connectivity index (χ4v) is 2.23. The van der Waals surface area contributed by atoms with Gasteiger partial charge in [0.25, 0.3) is 0 Å². The molecule has 0 aliphatic heterocycles. The fourth-order valence-electron chi connectivity index (χ4n) is 1.56. The molecule has 2 rings (SSSR count). The standard InChI is InChI=1S/C13H10Cl2O/c1-16-11-8-7-10(14)12(13(11)15)9-5-3-2-4-6-9/h2-8H,1H3. The molecule has 0 aromatic heterocycles. The molecule has 0 bridgehead atoms. The van der Waals surface area contributed by atoms with E-state index in [0.29, 0.717) is 15.8 Å². The Hall–Kier alpha value is -1.18. The van der Waals surface area contributed by atoms with E-state index in [-0.39, 0.29) is 0 Å². The lowest BCUT2D eigenvalue weighted by Gasteiger charge is -2.10. The second-order valence-corrected chi connectivity index (χ2v) is 4.09. The van der Waals surface area contributed by atoms with Crippen molar-refractivity contribution < 1.29 is 4.74 Å². The van der Waals surface area contributed by atoms with Gasteiger partial charge in [-0.15, -0.1) is 0 Å². The van der Waals surface area contributed by atoms with Gasteiger partial charge in [0, 0.05) is 5.56 Å². The highest BCUT2D eigenvalue weighted by Crippen LogP contribution is 2.40.